The van der Waals surface area contributed by atoms with Crippen molar-refractivity contribution < 1.29 is 4.79 Å². The minimum atomic E-state index is 0.0637. The summed E-state index contributed by atoms with van der Waals surface area (Å²) in [5.74, 6) is 0.801. The summed E-state index contributed by atoms with van der Waals surface area (Å²) in [6.07, 6.45) is 2.49. The molecule has 1 aromatic rings. The molecule has 0 saturated heterocycles. The molecule has 0 unspecified atom stereocenters. The Bertz CT molecular complexity index is 376. The number of rotatable bonds is 1. The average molecular weight is 191 g/mol. The highest BCUT2D eigenvalue weighted by atomic mass is 16.2. The fourth-order valence-corrected chi connectivity index (χ4v) is 1.70. The second-order valence-electron chi connectivity index (χ2n) is 3.41. The number of carbonyl (C=O) groups is 1. The summed E-state index contributed by atoms with van der Waals surface area (Å²) in [7, 11) is 0. The molecule has 0 spiro atoms. The van der Waals surface area contributed by atoms with Crippen LogP contribution in [0.2, 0.25) is 0 Å². The second-order valence-corrected chi connectivity index (χ2v) is 3.41. The lowest BCUT2D eigenvalue weighted by atomic mass is 10.1. The lowest BCUT2D eigenvalue weighted by Crippen LogP contribution is -2.38. The number of aryl methyl sites for hydroxylation is 1. The fourth-order valence-electron chi connectivity index (χ4n) is 1.70. The second kappa shape index (κ2) is 3.36. The van der Waals surface area contributed by atoms with Crippen LogP contribution in [0.4, 0.5) is 0 Å². The van der Waals surface area contributed by atoms with E-state index in [2.05, 4.69) is 9.97 Å². The summed E-state index contributed by atoms with van der Waals surface area (Å²) < 4.78 is 0. The third-order valence-corrected chi connectivity index (χ3v) is 2.51. The van der Waals surface area contributed by atoms with Gasteiger partial charge in [0, 0.05) is 25.7 Å². The van der Waals surface area contributed by atoms with Crippen LogP contribution in [-0.2, 0) is 6.42 Å². The minimum absolute atomic E-state index is 0.0637. The van der Waals surface area contributed by atoms with Gasteiger partial charge in [-0.15, -0.1) is 0 Å². The first-order valence-corrected chi connectivity index (χ1v) is 4.84. The lowest BCUT2D eigenvalue weighted by molar-refractivity contribution is 0.0746. The Balaban J connectivity index is 2.41. The van der Waals surface area contributed by atoms with E-state index in [0.29, 0.717) is 5.56 Å². The Morgan fingerprint density at radius 3 is 3.07 bits per heavy atom. The summed E-state index contributed by atoms with van der Waals surface area (Å²) in [6, 6.07) is 0. The van der Waals surface area contributed by atoms with Gasteiger partial charge in [0.1, 0.15) is 5.82 Å². The quantitative estimate of drug-likeness (QED) is 0.659. The monoisotopic (exact) mass is 191 g/mol. The van der Waals surface area contributed by atoms with Crippen LogP contribution < -0.4 is 0 Å². The maximum Gasteiger partial charge on any atom is 0.257 e. The van der Waals surface area contributed by atoms with Crippen molar-refractivity contribution >= 4 is 5.91 Å². The van der Waals surface area contributed by atoms with Gasteiger partial charge in [-0.05, 0) is 13.8 Å². The first-order valence-electron chi connectivity index (χ1n) is 4.84. The standard InChI is InChI=1S/C10H13N3O/c1-3-13-5-4-9-8(10(13)14)6-11-7(2)12-9/h6H,3-5H2,1-2H3. The summed E-state index contributed by atoms with van der Waals surface area (Å²) in [5.41, 5.74) is 1.57. The molecule has 1 amide bonds. The van der Waals surface area contributed by atoms with Crippen LogP contribution in [0.3, 0.4) is 0 Å². The van der Waals surface area contributed by atoms with Gasteiger partial charge in [-0.2, -0.15) is 0 Å². The number of hydrogen-bond acceptors (Lipinski definition) is 3. The van der Waals surface area contributed by atoms with E-state index < -0.39 is 0 Å². The van der Waals surface area contributed by atoms with Gasteiger partial charge in [-0.1, -0.05) is 0 Å². The van der Waals surface area contributed by atoms with Gasteiger partial charge < -0.3 is 4.90 Å². The number of carbonyl (C=O) groups excluding carboxylic acids is 1. The van der Waals surface area contributed by atoms with Crippen LogP contribution in [0.15, 0.2) is 6.20 Å². The number of hydrogen-bond donors (Lipinski definition) is 0. The normalized spacial score (nSPS) is 15.6. The van der Waals surface area contributed by atoms with Crippen molar-refractivity contribution in [1.29, 1.82) is 0 Å². The van der Waals surface area contributed by atoms with Gasteiger partial charge in [0.15, 0.2) is 0 Å². The van der Waals surface area contributed by atoms with E-state index >= 15 is 0 Å². The van der Waals surface area contributed by atoms with Crippen molar-refractivity contribution in [3.05, 3.63) is 23.3 Å². The van der Waals surface area contributed by atoms with Crippen molar-refractivity contribution in [2.45, 2.75) is 20.3 Å². The first-order chi connectivity index (χ1) is 6.72. The first kappa shape index (κ1) is 9.12. The molecule has 74 valence electrons. The molecule has 2 rings (SSSR count). The molecule has 0 aliphatic carbocycles. The van der Waals surface area contributed by atoms with Crippen molar-refractivity contribution in [2.24, 2.45) is 0 Å². The van der Waals surface area contributed by atoms with Crippen LogP contribution in [0.5, 0.6) is 0 Å². The van der Waals surface area contributed by atoms with E-state index in [4.69, 9.17) is 0 Å². The number of aromatic nitrogens is 2. The molecule has 1 aliphatic heterocycles. The molecule has 0 N–H and O–H groups in total. The van der Waals surface area contributed by atoms with Gasteiger partial charge in [0.25, 0.3) is 5.91 Å². The highest BCUT2D eigenvalue weighted by molar-refractivity contribution is 5.95. The van der Waals surface area contributed by atoms with Gasteiger partial charge in [0.05, 0.1) is 11.3 Å². The van der Waals surface area contributed by atoms with Crippen LogP contribution in [0, 0.1) is 6.92 Å². The number of fused-ring (bicyclic) bond motifs is 1. The minimum Gasteiger partial charge on any atom is -0.338 e. The molecule has 4 heteroatoms. The smallest absolute Gasteiger partial charge is 0.257 e. The van der Waals surface area contributed by atoms with E-state index in [1.54, 1.807) is 6.20 Å². The van der Waals surface area contributed by atoms with E-state index in [1.165, 1.54) is 0 Å². The molecule has 0 saturated carbocycles. The molecule has 14 heavy (non-hydrogen) atoms. The maximum atomic E-state index is 11.8. The van der Waals surface area contributed by atoms with Crippen molar-refractivity contribution in [3.8, 4) is 0 Å². The summed E-state index contributed by atoms with van der Waals surface area (Å²) in [6.45, 7) is 5.36. The van der Waals surface area contributed by atoms with E-state index in [-0.39, 0.29) is 5.91 Å². The molecule has 2 heterocycles. The van der Waals surface area contributed by atoms with Crippen molar-refractivity contribution in [2.75, 3.05) is 13.1 Å². The predicted molar refractivity (Wildman–Crippen MR) is 52.1 cm³/mol. The Labute approximate surface area is 83.0 Å². The van der Waals surface area contributed by atoms with Gasteiger partial charge in [0.2, 0.25) is 0 Å². The van der Waals surface area contributed by atoms with Gasteiger partial charge in [-0.25, -0.2) is 9.97 Å². The molecule has 0 atom stereocenters. The molecule has 1 aliphatic rings. The third-order valence-electron chi connectivity index (χ3n) is 2.51. The van der Waals surface area contributed by atoms with Gasteiger partial charge in [-0.3, -0.25) is 4.79 Å². The zero-order valence-corrected chi connectivity index (χ0v) is 8.45. The number of nitrogens with zero attached hydrogens (tertiary/aromatic N) is 3. The molecule has 4 nitrogen and oxygen atoms in total. The molecule has 0 bridgehead atoms. The Hall–Kier alpha value is -1.45. The zero-order valence-electron chi connectivity index (χ0n) is 8.45. The van der Waals surface area contributed by atoms with E-state index in [1.807, 2.05) is 18.7 Å². The molecular weight excluding hydrogens is 178 g/mol. The highest BCUT2D eigenvalue weighted by Crippen LogP contribution is 2.15. The van der Waals surface area contributed by atoms with Crippen LogP contribution >= 0.6 is 0 Å². The number of likely N-dealkylation sites (N-methyl/N-ethyl adjacent to an activating group) is 1. The molecule has 0 aromatic carbocycles. The molecular formula is C10H13N3O. The molecule has 0 fully saturated rings. The Morgan fingerprint density at radius 2 is 2.36 bits per heavy atom. The predicted octanol–water partition coefficient (Wildman–Crippen LogP) is 0.803. The Kier molecular flexibility index (Phi) is 2.19. The molecule has 0 radical (unpaired) electrons. The SMILES string of the molecule is CCN1CCc2nc(C)ncc2C1=O. The van der Waals surface area contributed by atoms with Crippen LogP contribution in [-0.4, -0.2) is 33.9 Å². The number of amides is 1. The largest absolute Gasteiger partial charge is 0.338 e. The fraction of sp³-hybridized carbons (Fsp3) is 0.500. The van der Waals surface area contributed by atoms with Crippen molar-refractivity contribution in [3.63, 3.8) is 0 Å². The summed E-state index contributed by atoms with van der Waals surface area (Å²) in [4.78, 5) is 22.0. The van der Waals surface area contributed by atoms with E-state index in [0.717, 1.165) is 31.0 Å². The zero-order chi connectivity index (χ0) is 10.1. The third kappa shape index (κ3) is 1.36. The van der Waals surface area contributed by atoms with Crippen LogP contribution in [0.1, 0.15) is 28.8 Å². The van der Waals surface area contributed by atoms with Crippen LogP contribution in [0.25, 0.3) is 0 Å². The molecule has 1 aromatic heterocycles. The Morgan fingerprint density at radius 1 is 1.57 bits per heavy atom. The highest BCUT2D eigenvalue weighted by Gasteiger charge is 2.24. The van der Waals surface area contributed by atoms with Crippen molar-refractivity contribution in [1.82, 2.24) is 14.9 Å². The summed E-state index contributed by atoms with van der Waals surface area (Å²) in [5, 5.41) is 0. The van der Waals surface area contributed by atoms with Gasteiger partial charge >= 0.3 is 0 Å². The average Bonchev–Trinajstić information content (AvgIpc) is 2.18. The van der Waals surface area contributed by atoms with E-state index in [9.17, 15) is 4.79 Å². The topological polar surface area (TPSA) is 46.1 Å². The lowest BCUT2D eigenvalue weighted by Gasteiger charge is -2.26. The summed E-state index contributed by atoms with van der Waals surface area (Å²) >= 11 is 0. The maximum absolute atomic E-state index is 11.8.